The van der Waals surface area contributed by atoms with E-state index in [4.69, 9.17) is 20.3 Å². The quantitative estimate of drug-likeness (QED) is 0.543. The third kappa shape index (κ3) is 3.70. The van der Waals surface area contributed by atoms with Crippen LogP contribution in [0.3, 0.4) is 0 Å². The van der Waals surface area contributed by atoms with Crippen LogP contribution in [0.4, 0.5) is 5.69 Å². The zero-order valence-electron chi connectivity index (χ0n) is 11.2. The Morgan fingerprint density at radius 1 is 1.57 bits per heavy atom. The van der Waals surface area contributed by atoms with Crippen LogP contribution in [0.15, 0.2) is 17.1 Å². The lowest BCUT2D eigenvalue weighted by molar-refractivity contribution is -0.0446. The molecule has 10 heteroatoms. The molecule has 0 unspecified atom stereocenters. The van der Waals surface area contributed by atoms with Gasteiger partial charge in [0.05, 0.1) is 12.7 Å². The summed E-state index contributed by atoms with van der Waals surface area (Å²) in [6, 6.07) is 1.55. The molecule has 1 aromatic rings. The van der Waals surface area contributed by atoms with Crippen LogP contribution in [0, 0.1) is 6.92 Å². The van der Waals surface area contributed by atoms with Crippen LogP contribution >= 0.6 is 7.82 Å². The fourth-order valence-electron chi connectivity index (χ4n) is 2.10. The Morgan fingerprint density at radius 3 is 2.86 bits per heavy atom. The first-order chi connectivity index (χ1) is 9.69. The Labute approximate surface area is 120 Å². The lowest BCUT2D eigenvalue weighted by atomic mass is 10.2. The Kier molecular flexibility index (Phi) is 4.52. The van der Waals surface area contributed by atoms with Gasteiger partial charge in [-0.2, -0.15) is 0 Å². The molecule has 0 saturated carbocycles. The Balaban J connectivity index is 2.13. The maximum absolute atomic E-state index is 12.1. The molecule has 2 heterocycles. The highest BCUT2D eigenvalue weighted by Crippen LogP contribution is 2.38. The van der Waals surface area contributed by atoms with Crippen LogP contribution in [-0.4, -0.2) is 38.3 Å². The molecule has 9 nitrogen and oxygen atoms in total. The molecule has 0 aromatic carbocycles. The van der Waals surface area contributed by atoms with Crippen LogP contribution < -0.4 is 11.3 Å². The van der Waals surface area contributed by atoms with Gasteiger partial charge in [0.25, 0.3) is 5.56 Å². The summed E-state index contributed by atoms with van der Waals surface area (Å²) in [5.74, 6) is 0. The zero-order chi connectivity index (χ0) is 15.8. The van der Waals surface area contributed by atoms with E-state index < -0.39 is 32.9 Å². The number of phosphoric acid groups is 1. The number of pyridine rings is 1. The van der Waals surface area contributed by atoms with Gasteiger partial charge in [0, 0.05) is 23.9 Å². The summed E-state index contributed by atoms with van der Waals surface area (Å²) in [7, 11) is -4.64. The fourth-order valence-corrected chi connectivity index (χ4v) is 2.44. The number of phosphoric ester groups is 1. The molecule has 21 heavy (non-hydrogen) atoms. The molecular weight excluding hydrogens is 303 g/mol. The molecule has 5 N–H and O–H groups in total. The van der Waals surface area contributed by atoms with E-state index in [0.29, 0.717) is 11.3 Å². The average molecular weight is 320 g/mol. The number of hydrogen-bond acceptors (Lipinski definition) is 6. The largest absolute Gasteiger partial charge is 0.469 e. The van der Waals surface area contributed by atoms with Gasteiger partial charge in [0.1, 0.15) is 12.3 Å². The number of ether oxygens (including phenoxy) is 1. The van der Waals surface area contributed by atoms with E-state index in [1.54, 1.807) is 13.0 Å². The molecule has 0 spiro atoms. The smallest absolute Gasteiger partial charge is 0.398 e. The number of anilines is 1. The lowest BCUT2D eigenvalue weighted by Crippen LogP contribution is -2.28. The van der Waals surface area contributed by atoms with Crippen molar-refractivity contribution in [2.24, 2.45) is 0 Å². The van der Waals surface area contributed by atoms with E-state index in [9.17, 15) is 14.5 Å². The highest BCUT2D eigenvalue weighted by molar-refractivity contribution is 7.46. The fraction of sp³-hybridized carbons (Fsp3) is 0.545. The van der Waals surface area contributed by atoms with Crippen molar-refractivity contribution in [3.8, 4) is 0 Å². The Hall–Kier alpha value is -1.22. The molecule has 3 atom stereocenters. The number of nitrogens with two attached hydrogens (primary N) is 1. The molecule has 118 valence electrons. The van der Waals surface area contributed by atoms with Crippen molar-refractivity contribution in [3.63, 3.8) is 0 Å². The minimum Gasteiger partial charge on any atom is -0.398 e. The SMILES string of the molecule is Cc1c(N)ccn([C@H]2C[C@H](O)[C@@H](COP(=O)(O)O)O2)c1=O. The number of rotatable bonds is 4. The van der Waals surface area contributed by atoms with Gasteiger partial charge in [-0.05, 0) is 13.0 Å². The number of nitrogens with zero attached hydrogens (tertiary/aromatic N) is 1. The molecule has 0 bridgehead atoms. The first-order valence-electron chi connectivity index (χ1n) is 6.20. The second-order valence-electron chi connectivity index (χ2n) is 4.83. The zero-order valence-corrected chi connectivity index (χ0v) is 12.1. The van der Waals surface area contributed by atoms with E-state index in [1.165, 1.54) is 10.8 Å². The average Bonchev–Trinajstić information content (AvgIpc) is 2.74. The van der Waals surface area contributed by atoms with E-state index >= 15 is 0 Å². The van der Waals surface area contributed by atoms with Gasteiger partial charge < -0.3 is 25.4 Å². The Morgan fingerprint density at radius 2 is 2.24 bits per heavy atom. The summed E-state index contributed by atoms with van der Waals surface area (Å²) >= 11 is 0. The first kappa shape index (κ1) is 16.2. The van der Waals surface area contributed by atoms with Gasteiger partial charge in [0.15, 0.2) is 0 Å². The summed E-state index contributed by atoms with van der Waals surface area (Å²) < 4.78 is 21.7. The van der Waals surface area contributed by atoms with Crippen molar-refractivity contribution in [1.29, 1.82) is 0 Å². The van der Waals surface area contributed by atoms with Crippen LogP contribution in [0.1, 0.15) is 18.2 Å². The summed E-state index contributed by atoms with van der Waals surface area (Å²) in [6.45, 7) is 1.11. The van der Waals surface area contributed by atoms with Gasteiger partial charge in [-0.15, -0.1) is 0 Å². The minimum absolute atomic E-state index is 0.110. The lowest BCUT2D eigenvalue weighted by Gasteiger charge is -2.17. The van der Waals surface area contributed by atoms with Crippen LogP contribution in [-0.2, 0) is 13.8 Å². The summed E-state index contributed by atoms with van der Waals surface area (Å²) in [5, 5.41) is 9.83. The number of aliphatic hydroxyl groups excluding tert-OH is 1. The topological polar surface area (TPSA) is 144 Å². The van der Waals surface area contributed by atoms with Crippen molar-refractivity contribution >= 4 is 13.5 Å². The monoisotopic (exact) mass is 320 g/mol. The summed E-state index contributed by atoms with van der Waals surface area (Å²) in [6.07, 6.45) is -1.09. The number of hydrogen-bond donors (Lipinski definition) is 4. The normalized spacial score (nSPS) is 26.2. The van der Waals surface area contributed by atoms with Gasteiger partial charge >= 0.3 is 7.82 Å². The highest BCUT2D eigenvalue weighted by Gasteiger charge is 2.36. The molecule has 0 radical (unpaired) electrons. The van der Waals surface area contributed by atoms with Crippen molar-refractivity contribution < 1.29 is 28.7 Å². The van der Waals surface area contributed by atoms with Crippen LogP contribution in [0.5, 0.6) is 0 Å². The van der Waals surface area contributed by atoms with E-state index in [2.05, 4.69) is 4.52 Å². The number of aliphatic hydroxyl groups is 1. The maximum Gasteiger partial charge on any atom is 0.469 e. The third-order valence-corrected chi connectivity index (χ3v) is 3.81. The summed E-state index contributed by atoms with van der Waals surface area (Å²) in [4.78, 5) is 29.4. The highest BCUT2D eigenvalue weighted by atomic mass is 31.2. The van der Waals surface area contributed by atoms with Gasteiger partial charge in [0.2, 0.25) is 0 Å². The van der Waals surface area contributed by atoms with Crippen molar-refractivity contribution in [2.75, 3.05) is 12.3 Å². The second-order valence-corrected chi connectivity index (χ2v) is 6.07. The number of nitrogen functional groups attached to an aromatic ring is 1. The Bertz CT molecular complexity index is 625. The van der Waals surface area contributed by atoms with Crippen molar-refractivity contribution in [2.45, 2.75) is 31.8 Å². The molecule has 0 amide bonds. The van der Waals surface area contributed by atoms with Crippen molar-refractivity contribution in [3.05, 3.63) is 28.2 Å². The third-order valence-electron chi connectivity index (χ3n) is 3.32. The molecule has 2 rings (SSSR count). The number of aromatic nitrogens is 1. The standard InChI is InChI=1S/C11H17N2O7P/c1-6-7(12)2-3-13(11(6)15)10-4-8(14)9(20-10)5-19-21(16,17)18/h2-3,8-10,14H,4-5,12H2,1H3,(H2,16,17,18)/t8-,9+,10+/m0/s1. The van der Waals surface area contributed by atoms with E-state index in [-0.39, 0.29) is 12.0 Å². The molecular formula is C11H17N2O7P. The minimum atomic E-state index is -4.64. The molecule has 1 aromatic heterocycles. The van der Waals surface area contributed by atoms with E-state index in [1.807, 2.05) is 0 Å². The van der Waals surface area contributed by atoms with Gasteiger partial charge in [-0.25, -0.2) is 4.57 Å². The summed E-state index contributed by atoms with van der Waals surface area (Å²) in [5.41, 5.74) is 6.01. The van der Waals surface area contributed by atoms with Gasteiger partial charge in [-0.3, -0.25) is 13.9 Å². The van der Waals surface area contributed by atoms with Crippen LogP contribution in [0.25, 0.3) is 0 Å². The van der Waals surface area contributed by atoms with Crippen LogP contribution in [0.2, 0.25) is 0 Å². The van der Waals surface area contributed by atoms with Crippen molar-refractivity contribution in [1.82, 2.24) is 4.57 Å². The molecule has 1 aliphatic heterocycles. The van der Waals surface area contributed by atoms with E-state index in [0.717, 1.165) is 0 Å². The predicted molar refractivity (Wildman–Crippen MR) is 72.4 cm³/mol. The molecule has 1 fully saturated rings. The second kappa shape index (κ2) is 5.88. The molecule has 1 aliphatic rings. The first-order valence-corrected chi connectivity index (χ1v) is 7.73. The van der Waals surface area contributed by atoms with Gasteiger partial charge in [-0.1, -0.05) is 0 Å². The predicted octanol–water partition coefficient (Wildman–Crippen LogP) is -0.503. The molecule has 0 aliphatic carbocycles. The maximum atomic E-state index is 12.1. The molecule has 1 saturated heterocycles.